The van der Waals surface area contributed by atoms with Gasteiger partial charge in [0.2, 0.25) is 0 Å². The molecule has 0 aromatic carbocycles. The zero-order valence-electron chi connectivity index (χ0n) is 6.92. The first kappa shape index (κ1) is 8.11. The number of hydrogen-bond donors (Lipinski definition) is 0. The van der Waals surface area contributed by atoms with E-state index in [1.807, 2.05) is 6.08 Å². The highest BCUT2D eigenvalue weighted by Crippen LogP contribution is 2.52. The molecule has 0 radical (unpaired) electrons. The number of alkyl halides is 1. The van der Waals surface area contributed by atoms with Crippen molar-refractivity contribution in [1.82, 2.24) is 0 Å². The average molecular weight is 187 g/mol. The fourth-order valence-electron chi connectivity index (χ4n) is 2.22. The smallest absolute Gasteiger partial charge is 0.317 e. The molecule has 2 bridgehead atoms. The van der Waals surface area contributed by atoms with Crippen LogP contribution < -0.4 is 0 Å². The van der Waals surface area contributed by atoms with Crippen LogP contribution in [-0.2, 0) is 9.53 Å². The van der Waals surface area contributed by atoms with Gasteiger partial charge in [0, 0.05) is 0 Å². The summed E-state index contributed by atoms with van der Waals surface area (Å²) in [5.74, 6) is 0.311. The van der Waals surface area contributed by atoms with Gasteiger partial charge in [0.15, 0.2) is 0 Å². The van der Waals surface area contributed by atoms with E-state index >= 15 is 0 Å². The molecule has 2 aliphatic carbocycles. The lowest BCUT2D eigenvalue weighted by molar-refractivity contribution is -0.149. The normalized spacial score (nSPS) is 43.5. The van der Waals surface area contributed by atoms with Gasteiger partial charge in [0.05, 0.1) is 12.5 Å². The Morgan fingerprint density at radius 1 is 1.75 bits per heavy atom. The predicted octanol–water partition coefficient (Wildman–Crippen LogP) is 1.73. The van der Waals surface area contributed by atoms with Crippen LogP contribution in [-0.4, -0.2) is 18.5 Å². The van der Waals surface area contributed by atoms with Crippen LogP contribution in [0.2, 0.25) is 0 Å². The van der Waals surface area contributed by atoms with Gasteiger partial charge in [-0.05, 0) is 18.8 Å². The second-order valence-electron chi connectivity index (χ2n) is 3.56. The third kappa shape index (κ3) is 0.845. The van der Waals surface area contributed by atoms with Crippen LogP contribution >= 0.6 is 11.6 Å². The lowest BCUT2D eigenvalue weighted by Crippen LogP contribution is -2.34. The van der Waals surface area contributed by atoms with E-state index in [0.717, 1.165) is 12.8 Å². The maximum absolute atomic E-state index is 11.4. The highest BCUT2D eigenvalue weighted by atomic mass is 35.5. The summed E-state index contributed by atoms with van der Waals surface area (Å²) in [6.45, 7) is 0. The van der Waals surface area contributed by atoms with E-state index in [1.165, 1.54) is 7.11 Å². The van der Waals surface area contributed by atoms with E-state index in [2.05, 4.69) is 6.08 Å². The number of carbonyl (C=O) groups excluding carboxylic acids is 1. The van der Waals surface area contributed by atoms with Gasteiger partial charge < -0.3 is 4.74 Å². The highest BCUT2D eigenvalue weighted by molar-refractivity contribution is 6.23. The van der Waals surface area contributed by atoms with Crippen LogP contribution in [0.5, 0.6) is 0 Å². The molecular weight excluding hydrogens is 176 g/mol. The number of carbonyl (C=O) groups is 1. The van der Waals surface area contributed by atoms with Crippen molar-refractivity contribution in [3.63, 3.8) is 0 Å². The molecule has 0 unspecified atom stereocenters. The topological polar surface area (TPSA) is 26.3 Å². The van der Waals surface area contributed by atoms with Crippen LogP contribution in [0.15, 0.2) is 12.2 Å². The van der Waals surface area contributed by atoms with Gasteiger partial charge in [-0.25, -0.2) is 0 Å². The van der Waals surface area contributed by atoms with Crippen molar-refractivity contribution < 1.29 is 9.53 Å². The number of hydrogen-bond acceptors (Lipinski definition) is 2. The van der Waals surface area contributed by atoms with Crippen molar-refractivity contribution >= 4 is 17.6 Å². The van der Waals surface area contributed by atoms with Gasteiger partial charge in [-0.15, -0.1) is 11.6 Å². The second kappa shape index (κ2) is 2.49. The SMILES string of the molecule is COC(=O)[C@]12C=C[C@H](C[C@@H]1Cl)C2. The quantitative estimate of drug-likeness (QED) is 0.354. The van der Waals surface area contributed by atoms with Gasteiger partial charge in [0.1, 0.15) is 5.41 Å². The zero-order chi connectivity index (χ0) is 8.77. The van der Waals surface area contributed by atoms with Gasteiger partial charge in [-0.1, -0.05) is 12.2 Å². The number of esters is 1. The Labute approximate surface area is 76.5 Å². The molecule has 0 amide bonds. The Balaban J connectivity index is 2.31. The lowest BCUT2D eigenvalue weighted by atomic mass is 9.87. The van der Waals surface area contributed by atoms with Crippen LogP contribution in [0.25, 0.3) is 0 Å². The monoisotopic (exact) mass is 186 g/mol. The van der Waals surface area contributed by atoms with Crippen LogP contribution in [0, 0.1) is 11.3 Å². The maximum atomic E-state index is 11.4. The molecule has 66 valence electrons. The molecule has 0 heterocycles. The molecule has 0 N–H and O–H groups in total. The Morgan fingerprint density at radius 3 is 2.92 bits per heavy atom. The van der Waals surface area contributed by atoms with Gasteiger partial charge in [-0.2, -0.15) is 0 Å². The summed E-state index contributed by atoms with van der Waals surface area (Å²) in [6.07, 6.45) is 5.75. The van der Waals surface area contributed by atoms with E-state index in [1.54, 1.807) is 0 Å². The molecule has 0 saturated heterocycles. The van der Waals surface area contributed by atoms with Crippen molar-refractivity contribution in [1.29, 1.82) is 0 Å². The third-order valence-corrected chi connectivity index (χ3v) is 3.47. The largest absolute Gasteiger partial charge is 0.468 e. The summed E-state index contributed by atoms with van der Waals surface area (Å²) in [5, 5.41) is -0.0695. The summed E-state index contributed by atoms with van der Waals surface area (Å²) in [6, 6.07) is 0. The molecule has 2 nitrogen and oxygen atoms in total. The number of methoxy groups -OCH3 is 1. The molecule has 0 aromatic rings. The number of ether oxygens (including phenoxy) is 1. The Hall–Kier alpha value is -0.500. The zero-order valence-corrected chi connectivity index (χ0v) is 7.67. The minimum absolute atomic E-state index is 0.0695. The standard InChI is InChI=1S/C9H11ClO2/c1-12-8(11)9-3-2-6(5-9)4-7(9)10/h2-3,6-7H,4-5H2,1H3/t6-,7+,9+/m1/s1. The Kier molecular flexibility index (Phi) is 1.69. The molecule has 1 saturated carbocycles. The molecule has 12 heavy (non-hydrogen) atoms. The van der Waals surface area contributed by atoms with E-state index in [0.29, 0.717) is 5.92 Å². The fraction of sp³-hybridized carbons (Fsp3) is 0.667. The molecule has 2 aliphatic rings. The van der Waals surface area contributed by atoms with Crippen LogP contribution in [0.4, 0.5) is 0 Å². The molecule has 0 spiro atoms. The molecular formula is C9H11ClO2. The highest BCUT2D eigenvalue weighted by Gasteiger charge is 2.53. The average Bonchev–Trinajstić information content (AvgIpc) is 2.60. The molecule has 1 fully saturated rings. The lowest BCUT2D eigenvalue weighted by Gasteiger charge is -2.24. The van der Waals surface area contributed by atoms with Crippen molar-refractivity contribution in [3.05, 3.63) is 12.2 Å². The minimum Gasteiger partial charge on any atom is -0.468 e. The maximum Gasteiger partial charge on any atom is 0.317 e. The number of fused-ring (bicyclic) bond motifs is 2. The molecule has 0 aromatic heterocycles. The first-order valence-corrected chi connectivity index (χ1v) is 4.54. The van der Waals surface area contributed by atoms with Crippen molar-refractivity contribution in [2.75, 3.05) is 7.11 Å². The summed E-state index contributed by atoms with van der Waals surface area (Å²) < 4.78 is 4.75. The first-order chi connectivity index (χ1) is 5.69. The number of halogens is 1. The first-order valence-electron chi connectivity index (χ1n) is 4.11. The van der Waals surface area contributed by atoms with Gasteiger partial charge in [-0.3, -0.25) is 4.79 Å². The summed E-state index contributed by atoms with van der Waals surface area (Å²) in [4.78, 5) is 11.4. The van der Waals surface area contributed by atoms with Crippen LogP contribution in [0.3, 0.4) is 0 Å². The molecule has 3 heteroatoms. The predicted molar refractivity (Wildman–Crippen MR) is 46.0 cm³/mol. The van der Waals surface area contributed by atoms with Crippen molar-refractivity contribution in [2.45, 2.75) is 18.2 Å². The van der Waals surface area contributed by atoms with E-state index in [4.69, 9.17) is 16.3 Å². The van der Waals surface area contributed by atoms with E-state index < -0.39 is 5.41 Å². The Morgan fingerprint density at radius 2 is 2.50 bits per heavy atom. The minimum atomic E-state index is -0.499. The van der Waals surface area contributed by atoms with E-state index in [9.17, 15) is 4.79 Å². The summed E-state index contributed by atoms with van der Waals surface area (Å²) >= 11 is 6.09. The van der Waals surface area contributed by atoms with Gasteiger partial charge >= 0.3 is 5.97 Å². The number of allylic oxidation sites excluding steroid dienone is 1. The molecule has 2 rings (SSSR count). The van der Waals surface area contributed by atoms with Gasteiger partial charge in [0.25, 0.3) is 0 Å². The fourth-order valence-corrected chi connectivity index (χ4v) is 2.70. The van der Waals surface area contributed by atoms with Crippen LogP contribution in [0.1, 0.15) is 12.8 Å². The molecule has 0 aliphatic heterocycles. The summed E-state index contributed by atoms with van der Waals surface area (Å²) in [7, 11) is 1.42. The Bertz CT molecular complexity index is 249. The second-order valence-corrected chi connectivity index (χ2v) is 4.09. The van der Waals surface area contributed by atoms with Crippen molar-refractivity contribution in [2.24, 2.45) is 11.3 Å². The molecule has 3 atom stereocenters. The summed E-state index contributed by atoms with van der Waals surface area (Å²) in [5.41, 5.74) is -0.499. The third-order valence-electron chi connectivity index (χ3n) is 2.90. The van der Waals surface area contributed by atoms with Crippen molar-refractivity contribution in [3.8, 4) is 0 Å². The number of rotatable bonds is 1. The van der Waals surface area contributed by atoms with E-state index in [-0.39, 0.29) is 11.3 Å².